The van der Waals surface area contributed by atoms with Gasteiger partial charge in [0.1, 0.15) is 11.6 Å². The van der Waals surface area contributed by atoms with E-state index in [1.807, 2.05) is 55.6 Å². The molecule has 6 nitrogen and oxygen atoms in total. The molecule has 3 aromatic rings. The van der Waals surface area contributed by atoms with E-state index in [2.05, 4.69) is 21.9 Å². The van der Waals surface area contributed by atoms with E-state index in [1.54, 1.807) is 17.0 Å². The number of hydrogen-bond acceptors (Lipinski definition) is 3. The highest BCUT2D eigenvalue weighted by Crippen LogP contribution is 2.38. The molecular formula is C23H23N5O. The molecule has 6 heteroatoms. The van der Waals surface area contributed by atoms with Gasteiger partial charge in [-0.05, 0) is 56.5 Å². The van der Waals surface area contributed by atoms with Crippen LogP contribution in [0.2, 0.25) is 0 Å². The number of hydrogen-bond donors (Lipinski definition) is 1. The average Bonchev–Trinajstić information content (AvgIpc) is 3.37. The van der Waals surface area contributed by atoms with Gasteiger partial charge < -0.3 is 9.88 Å². The maximum absolute atomic E-state index is 12.5. The number of nitrogens with one attached hydrogen (secondary N) is 1. The summed E-state index contributed by atoms with van der Waals surface area (Å²) in [5.74, 6) is -0.379. The standard InChI is InChI=1S/C23H23N5O/c1-16-10-19(17(2)28(16)22-8-9-22)11-20(12-24)23(29)25-13-18-14-26-27(15-18)21-6-4-3-5-7-21/h3-7,10-11,14-15,22H,8-9,13H2,1-2H3,(H,25,29)/b20-11+. The summed E-state index contributed by atoms with van der Waals surface area (Å²) in [6.07, 6.45) is 7.66. The maximum Gasteiger partial charge on any atom is 0.262 e. The van der Waals surface area contributed by atoms with Gasteiger partial charge in [0.15, 0.2) is 0 Å². The molecule has 1 aromatic carbocycles. The lowest BCUT2D eigenvalue weighted by Crippen LogP contribution is -2.23. The van der Waals surface area contributed by atoms with E-state index in [0.29, 0.717) is 12.6 Å². The molecule has 2 aromatic heterocycles. The third-order valence-electron chi connectivity index (χ3n) is 5.21. The van der Waals surface area contributed by atoms with Crippen molar-refractivity contribution in [2.45, 2.75) is 39.3 Å². The summed E-state index contributed by atoms with van der Waals surface area (Å²) in [7, 11) is 0. The maximum atomic E-state index is 12.5. The molecule has 0 unspecified atom stereocenters. The van der Waals surface area contributed by atoms with Crippen LogP contribution in [0.25, 0.3) is 11.8 Å². The number of para-hydroxylation sites is 1. The van der Waals surface area contributed by atoms with Crippen LogP contribution in [0.4, 0.5) is 0 Å². The number of nitriles is 1. The van der Waals surface area contributed by atoms with E-state index in [1.165, 1.54) is 18.5 Å². The molecule has 29 heavy (non-hydrogen) atoms. The number of nitrogens with zero attached hydrogens (tertiary/aromatic N) is 4. The molecule has 0 aliphatic heterocycles. The molecular weight excluding hydrogens is 362 g/mol. The highest BCUT2D eigenvalue weighted by atomic mass is 16.1. The molecule has 4 rings (SSSR count). The van der Waals surface area contributed by atoms with Gasteiger partial charge in [0.25, 0.3) is 5.91 Å². The number of aryl methyl sites for hydroxylation is 1. The van der Waals surface area contributed by atoms with Gasteiger partial charge >= 0.3 is 0 Å². The third-order valence-corrected chi connectivity index (χ3v) is 5.21. The molecule has 0 bridgehead atoms. The molecule has 1 saturated carbocycles. The summed E-state index contributed by atoms with van der Waals surface area (Å²) in [6, 6.07) is 14.4. The van der Waals surface area contributed by atoms with Crippen LogP contribution in [0.1, 0.15) is 41.4 Å². The Bertz CT molecular complexity index is 1110. The van der Waals surface area contributed by atoms with Crippen molar-refractivity contribution < 1.29 is 4.79 Å². The first-order valence-corrected chi connectivity index (χ1v) is 9.74. The lowest BCUT2D eigenvalue weighted by molar-refractivity contribution is -0.117. The fourth-order valence-corrected chi connectivity index (χ4v) is 3.60. The second kappa shape index (κ2) is 7.80. The van der Waals surface area contributed by atoms with Gasteiger partial charge in [-0.3, -0.25) is 4.79 Å². The van der Waals surface area contributed by atoms with E-state index < -0.39 is 0 Å². The Kier molecular flexibility index (Phi) is 5.05. The normalized spacial score (nSPS) is 13.9. The summed E-state index contributed by atoms with van der Waals surface area (Å²) in [4.78, 5) is 12.5. The molecule has 1 N–H and O–H groups in total. The predicted molar refractivity (Wildman–Crippen MR) is 111 cm³/mol. The first-order chi connectivity index (χ1) is 14.1. The second-order valence-electron chi connectivity index (χ2n) is 7.41. The molecule has 2 heterocycles. The number of amides is 1. The van der Waals surface area contributed by atoms with Crippen molar-refractivity contribution in [2.75, 3.05) is 0 Å². The average molecular weight is 385 g/mol. The van der Waals surface area contributed by atoms with Crippen molar-refractivity contribution in [1.82, 2.24) is 19.7 Å². The van der Waals surface area contributed by atoms with E-state index in [4.69, 9.17) is 0 Å². The molecule has 0 radical (unpaired) electrons. The van der Waals surface area contributed by atoms with E-state index in [-0.39, 0.29) is 11.5 Å². The molecule has 0 spiro atoms. The van der Waals surface area contributed by atoms with Crippen LogP contribution in [0, 0.1) is 25.2 Å². The minimum absolute atomic E-state index is 0.108. The minimum Gasteiger partial charge on any atom is -0.347 e. The summed E-state index contributed by atoms with van der Waals surface area (Å²) < 4.78 is 4.06. The van der Waals surface area contributed by atoms with Crippen molar-refractivity contribution in [3.8, 4) is 11.8 Å². The van der Waals surface area contributed by atoms with Gasteiger partial charge in [0.05, 0.1) is 11.9 Å². The van der Waals surface area contributed by atoms with Gasteiger partial charge in [0, 0.05) is 35.7 Å². The van der Waals surface area contributed by atoms with Crippen molar-refractivity contribution in [3.63, 3.8) is 0 Å². The van der Waals surface area contributed by atoms with E-state index >= 15 is 0 Å². The number of carbonyl (C=O) groups is 1. The van der Waals surface area contributed by atoms with Crippen molar-refractivity contribution in [2.24, 2.45) is 0 Å². The lowest BCUT2D eigenvalue weighted by Gasteiger charge is -2.07. The quantitative estimate of drug-likeness (QED) is 0.517. The predicted octanol–water partition coefficient (Wildman–Crippen LogP) is 3.85. The monoisotopic (exact) mass is 385 g/mol. The SMILES string of the molecule is Cc1cc(/C=C(\C#N)C(=O)NCc2cnn(-c3ccccc3)c2)c(C)n1C1CC1. The second-order valence-corrected chi connectivity index (χ2v) is 7.41. The van der Waals surface area contributed by atoms with E-state index in [9.17, 15) is 10.1 Å². The molecule has 1 amide bonds. The number of carbonyl (C=O) groups excluding carboxylic acids is 1. The fourth-order valence-electron chi connectivity index (χ4n) is 3.60. The molecule has 0 saturated heterocycles. The Morgan fingerprint density at radius 2 is 2.07 bits per heavy atom. The Morgan fingerprint density at radius 1 is 1.31 bits per heavy atom. The van der Waals surface area contributed by atoms with Crippen LogP contribution in [-0.4, -0.2) is 20.3 Å². The molecule has 0 atom stereocenters. The van der Waals surface area contributed by atoms with Crippen LogP contribution >= 0.6 is 0 Å². The fraction of sp³-hybridized carbons (Fsp3) is 0.261. The van der Waals surface area contributed by atoms with E-state index in [0.717, 1.165) is 22.5 Å². The molecule has 1 fully saturated rings. The van der Waals surface area contributed by atoms with Crippen LogP contribution in [0.15, 0.2) is 54.4 Å². The zero-order valence-electron chi connectivity index (χ0n) is 16.6. The van der Waals surface area contributed by atoms with Crippen LogP contribution in [-0.2, 0) is 11.3 Å². The van der Waals surface area contributed by atoms with Gasteiger partial charge in [0.2, 0.25) is 0 Å². The summed E-state index contributed by atoms with van der Waals surface area (Å²) in [5, 5.41) is 16.6. The van der Waals surface area contributed by atoms with Gasteiger partial charge in [-0.2, -0.15) is 10.4 Å². The Labute approximate surface area is 170 Å². The van der Waals surface area contributed by atoms with Gasteiger partial charge in [-0.15, -0.1) is 0 Å². The van der Waals surface area contributed by atoms with Gasteiger partial charge in [-0.1, -0.05) is 18.2 Å². The first-order valence-electron chi connectivity index (χ1n) is 9.74. The number of aromatic nitrogens is 3. The number of rotatable bonds is 6. The van der Waals surface area contributed by atoms with Crippen LogP contribution in [0.5, 0.6) is 0 Å². The van der Waals surface area contributed by atoms with Gasteiger partial charge in [-0.25, -0.2) is 4.68 Å². The van der Waals surface area contributed by atoms with Crippen LogP contribution in [0.3, 0.4) is 0 Å². The third kappa shape index (κ3) is 3.99. The summed E-state index contributed by atoms with van der Waals surface area (Å²) in [6.45, 7) is 4.42. The summed E-state index contributed by atoms with van der Waals surface area (Å²) >= 11 is 0. The first kappa shape index (κ1) is 18.8. The Morgan fingerprint density at radius 3 is 2.76 bits per heavy atom. The van der Waals surface area contributed by atoms with Crippen molar-refractivity contribution in [3.05, 3.63) is 76.9 Å². The topological polar surface area (TPSA) is 75.6 Å². The smallest absolute Gasteiger partial charge is 0.262 e. The molecule has 1 aliphatic carbocycles. The highest BCUT2D eigenvalue weighted by Gasteiger charge is 2.26. The number of benzene rings is 1. The Hall–Kier alpha value is -3.59. The van der Waals surface area contributed by atoms with Crippen molar-refractivity contribution >= 4 is 12.0 Å². The minimum atomic E-state index is -0.379. The Balaban J connectivity index is 1.45. The lowest BCUT2D eigenvalue weighted by atomic mass is 10.1. The molecule has 146 valence electrons. The zero-order chi connectivity index (χ0) is 20.4. The zero-order valence-corrected chi connectivity index (χ0v) is 16.6. The highest BCUT2D eigenvalue weighted by molar-refractivity contribution is 6.01. The summed E-state index contributed by atoms with van der Waals surface area (Å²) in [5.41, 5.74) is 5.13. The van der Waals surface area contributed by atoms with Crippen molar-refractivity contribution in [1.29, 1.82) is 5.26 Å². The largest absolute Gasteiger partial charge is 0.347 e. The molecule has 1 aliphatic rings. The van der Waals surface area contributed by atoms with Crippen LogP contribution < -0.4 is 5.32 Å².